The summed E-state index contributed by atoms with van der Waals surface area (Å²) in [6.07, 6.45) is 1.79. The van der Waals surface area contributed by atoms with Gasteiger partial charge < -0.3 is 15.1 Å². The van der Waals surface area contributed by atoms with Crippen LogP contribution in [0.3, 0.4) is 0 Å². The van der Waals surface area contributed by atoms with Gasteiger partial charge in [-0.1, -0.05) is 30.3 Å². The molecule has 0 radical (unpaired) electrons. The van der Waals surface area contributed by atoms with Crippen LogP contribution in [0.15, 0.2) is 48.7 Å². The molecule has 32 heavy (non-hydrogen) atoms. The van der Waals surface area contributed by atoms with Crippen LogP contribution < -0.4 is 10.2 Å². The maximum Gasteiger partial charge on any atom is 0.242 e. The molecule has 0 bridgehead atoms. The van der Waals surface area contributed by atoms with Gasteiger partial charge in [0.05, 0.1) is 11.5 Å². The molecule has 2 aromatic rings. The molecule has 1 unspecified atom stereocenters. The van der Waals surface area contributed by atoms with E-state index in [0.29, 0.717) is 19.6 Å². The smallest absolute Gasteiger partial charge is 0.242 e. The molecule has 0 aliphatic carbocycles. The SMILES string of the molecule is CN1CCN(c2cc(CNC(=O)C(c3ccccc3)N3CCS(=O)(=O)CC3)ccn2)CC1. The normalized spacial score (nSPS) is 20.6. The van der Waals surface area contributed by atoms with Crippen molar-refractivity contribution in [3.8, 4) is 0 Å². The number of sulfone groups is 1. The molecule has 0 saturated carbocycles. The van der Waals surface area contributed by atoms with E-state index in [-0.39, 0.29) is 17.4 Å². The zero-order chi connectivity index (χ0) is 22.6. The number of piperazine rings is 1. The van der Waals surface area contributed by atoms with E-state index in [4.69, 9.17) is 0 Å². The predicted molar refractivity (Wildman–Crippen MR) is 125 cm³/mol. The van der Waals surface area contributed by atoms with Gasteiger partial charge in [0.1, 0.15) is 11.9 Å². The minimum Gasteiger partial charge on any atom is -0.354 e. The molecular formula is C23H31N5O3S. The number of pyridine rings is 1. The summed E-state index contributed by atoms with van der Waals surface area (Å²) in [5.74, 6) is 0.990. The number of likely N-dealkylation sites (N-methyl/N-ethyl adjacent to an activating group) is 1. The van der Waals surface area contributed by atoms with Crippen molar-refractivity contribution in [3.05, 3.63) is 59.8 Å². The summed E-state index contributed by atoms with van der Waals surface area (Å²) in [4.78, 5) is 24.3. The minimum atomic E-state index is -3.02. The fourth-order valence-corrected chi connectivity index (χ4v) is 5.44. The van der Waals surface area contributed by atoms with Gasteiger partial charge in [0, 0.05) is 52.0 Å². The Bertz CT molecular complexity index is 1010. The van der Waals surface area contributed by atoms with Crippen LogP contribution in [0.25, 0.3) is 0 Å². The van der Waals surface area contributed by atoms with Gasteiger partial charge in [0.25, 0.3) is 0 Å². The number of aromatic nitrogens is 1. The molecule has 2 saturated heterocycles. The van der Waals surface area contributed by atoms with Crippen LogP contribution in [-0.4, -0.2) is 86.9 Å². The summed E-state index contributed by atoms with van der Waals surface area (Å²) in [6.45, 7) is 5.01. The summed E-state index contributed by atoms with van der Waals surface area (Å²) < 4.78 is 23.8. The van der Waals surface area contributed by atoms with Crippen LogP contribution in [0, 0.1) is 0 Å². The van der Waals surface area contributed by atoms with E-state index in [1.807, 2.05) is 47.4 Å². The number of hydrogen-bond donors (Lipinski definition) is 1. The second kappa shape index (κ2) is 9.97. The number of nitrogens with zero attached hydrogens (tertiary/aromatic N) is 4. The van der Waals surface area contributed by atoms with Crippen molar-refractivity contribution in [3.63, 3.8) is 0 Å². The molecule has 172 valence electrons. The summed E-state index contributed by atoms with van der Waals surface area (Å²) in [5, 5.41) is 3.07. The molecule has 1 atom stereocenters. The van der Waals surface area contributed by atoms with Gasteiger partial charge in [-0.2, -0.15) is 0 Å². The van der Waals surface area contributed by atoms with Crippen LogP contribution in [-0.2, 0) is 21.2 Å². The number of carbonyl (C=O) groups is 1. The fourth-order valence-electron chi connectivity index (χ4n) is 4.21. The first-order valence-electron chi connectivity index (χ1n) is 11.1. The van der Waals surface area contributed by atoms with Crippen molar-refractivity contribution < 1.29 is 13.2 Å². The lowest BCUT2D eigenvalue weighted by Crippen LogP contribution is -2.47. The van der Waals surface area contributed by atoms with Crippen molar-refractivity contribution in [2.75, 3.05) is 62.7 Å². The number of rotatable bonds is 6. The number of carbonyl (C=O) groups excluding carboxylic acids is 1. The van der Waals surface area contributed by atoms with Gasteiger partial charge in [-0.25, -0.2) is 13.4 Å². The minimum absolute atomic E-state index is 0.0857. The van der Waals surface area contributed by atoms with E-state index in [1.54, 1.807) is 6.20 Å². The van der Waals surface area contributed by atoms with Crippen molar-refractivity contribution >= 4 is 21.6 Å². The van der Waals surface area contributed by atoms with Crippen molar-refractivity contribution in [2.45, 2.75) is 12.6 Å². The van der Waals surface area contributed by atoms with Gasteiger partial charge >= 0.3 is 0 Å². The summed E-state index contributed by atoms with van der Waals surface area (Å²) >= 11 is 0. The Morgan fingerprint density at radius 1 is 1.03 bits per heavy atom. The quantitative estimate of drug-likeness (QED) is 0.690. The Morgan fingerprint density at radius 3 is 2.41 bits per heavy atom. The predicted octanol–water partition coefficient (Wildman–Crippen LogP) is 0.921. The van der Waals surface area contributed by atoms with E-state index in [1.165, 1.54) is 0 Å². The number of benzene rings is 1. The molecule has 3 heterocycles. The Balaban J connectivity index is 1.44. The third-order valence-electron chi connectivity index (χ3n) is 6.21. The second-order valence-electron chi connectivity index (χ2n) is 8.53. The largest absolute Gasteiger partial charge is 0.354 e. The van der Waals surface area contributed by atoms with Crippen LogP contribution >= 0.6 is 0 Å². The van der Waals surface area contributed by atoms with Gasteiger partial charge in [-0.3, -0.25) is 9.69 Å². The van der Waals surface area contributed by atoms with E-state index in [9.17, 15) is 13.2 Å². The van der Waals surface area contributed by atoms with Crippen LogP contribution in [0.1, 0.15) is 17.2 Å². The molecule has 1 aromatic carbocycles. The molecule has 1 amide bonds. The Kier molecular flexibility index (Phi) is 7.07. The number of anilines is 1. The highest BCUT2D eigenvalue weighted by atomic mass is 32.2. The Hall–Kier alpha value is -2.49. The molecule has 2 aliphatic heterocycles. The highest BCUT2D eigenvalue weighted by molar-refractivity contribution is 7.91. The first-order chi connectivity index (χ1) is 15.4. The summed E-state index contributed by atoms with van der Waals surface area (Å²) in [7, 11) is -0.897. The molecule has 9 heteroatoms. The van der Waals surface area contributed by atoms with Gasteiger partial charge in [0.2, 0.25) is 5.91 Å². The lowest BCUT2D eigenvalue weighted by molar-refractivity contribution is -0.126. The van der Waals surface area contributed by atoms with Crippen molar-refractivity contribution in [1.82, 2.24) is 20.1 Å². The number of nitrogens with one attached hydrogen (secondary N) is 1. The summed E-state index contributed by atoms with van der Waals surface area (Å²) in [6, 6.07) is 13.0. The highest BCUT2D eigenvalue weighted by Crippen LogP contribution is 2.23. The zero-order valence-corrected chi connectivity index (χ0v) is 19.3. The van der Waals surface area contributed by atoms with E-state index in [0.717, 1.165) is 43.1 Å². The molecule has 4 rings (SSSR count). The van der Waals surface area contributed by atoms with Gasteiger partial charge in [-0.05, 0) is 30.3 Å². The van der Waals surface area contributed by atoms with Crippen molar-refractivity contribution in [2.24, 2.45) is 0 Å². The van der Waals surface area contributed by atoms with Gasteiger partial charge in [0.15, 0.2) is 9.84 Å². The topological polar surface area (TPSA) is 85.9 Å². The molecule has 8 nitrogen and oxygen atoms in total. The van der Waals surface area contributed by atoms with Crippen LogP contribution in [0.4, 0.5) is 5.82 Å². The molecule has 1 N–H and O–H groups in total. The molecular weight excluding hydrogens is 426 g/mol. The molecule has 2 aliphatic rings. The Labute approximate surface area is 190 Å². The third-order valence-corrected chi connectivity index (χ3v) is 7.82. The van der Waals surface area contributed by atoms with E-state index >= 15 is 0 Å². The second-order valence-corrected chi connectivity index (χ2v) is 10.8. The monoisotopic (exact) mass is 457 g/mol. The Morgan fingerprint density at radius 2 is 1.72 bits per heavy atom. The van der Waals surface area contributed by atoms with Crippen LogP contribution in [0.2, 0.25) is 0 Å². The van der Waals surface area contributed by atoms with E-state index < -0.39 is 15.9 Å². The van der Waals surface area contributed by atoms with Gasteiger partial charge in [-0.15, -0.1) is 0 Å². The lowest BCUT2D eigenvalue weighted by atomic mass is 10.0. The first kappa shape index (κ1) is 22.7. The first-order valence-corrected chi connectivity index (χ1v) is 12.9. The average molecular weight is 458 g/mol. The zero-order valence-electron chi connectivity index (χ0n) is 18.5. The standard InChI is InChI=1S/C23H31N5O3S/c1-26-9-11-27(12-10-26)21-17-19(7-8-24-21)18-25-23(29)22(20-5-3-2-4-6-20)28-13-15-32(30,31)16-14-28/h2-8,17,22H,9-16,18H2,1H3,(H,25,29). The number of amides is 1. The third kappa shape index (κ3) is 5.65. The lowest BCUT2D eigenvalue weighted by Gasteiger charge is -2.34. The van der Waals surface area contributed by atoms with Crippen LogP contribution in [0.5, 0.6) is 0 Å². The fraction of sp³-hybridized carbons (Fsp3) is 0.478. The maximum absolute atomic E-state index is 13.3. The molecule has 0 spiro atoms. The molecule has 1 aromatic heterocycles. The van der Waals surface area contributed by atoms with Crippen molar-refractivity contribution in [1.29, 1.82) is 0 Å². The summed E-state index contributed by atoms with van der Waals surface area (Å²) in [5.41, 5.74) is 1.87. The maximum atomic E-state index is 13.3. The molecule has 2 fully saturated rings. The highest BCUT2D eigenvalue weighted by Gasteiger charge is 2.32. The van der Waals surface area contributed by atoms with E-state index in [2.05, 4.69) is 27.1 Å². The average Bonchev–Trinajstić information content (AvgIpc) is 2.80. The number of hydrogen-bond acceptors (Lipinski definition) is 7.